The van der Waals surface area contributed by atoms with Crippen molar-refractivity contribution in [3.63, 3.8) is 0 Å². The highest BCUT2D eigenvalue weighted by Gasteiger charge is 2.37. The van der Waals surface area contributed by atoms with Gasteiger partial charge in [-0.05, 0) is 67.7 Å². The van der Waals surface area contributed by atoms with Crippen LogP contribution in [0.1, 0.15) is 48.9 Å². The van der Waals surface area contributed by atoms with Gasteiger partial charge in [0.05, 0.1) is 6.04 Å². The van der Waals surface area contributed by atoms with Gasteiger partial charge < -0.3 is 25.6 Å². The van der Waals surface area contributed by atoms with Gasteiger partial charge in [0, 0.05) is 19.1 Å². The minimum Gasteiger partial charge on any atom is -0.483 e. The zero-order valence-corrected chi connectivity index (χ0v) is 29.8. The molecule has 270 valence electrons. The Hall–Kier alpha value is -4.46. The normalized spacial score (nSPS) is 15.8. The fraction of sp³-hybridized carbons (Fsp3) is 0.432. The van der Waals surface area contributed by atoms with E-state index in [1.54, 1.807) is 0 Å². The number of ether oxygens (including phenoxy) is 1. The topological polar surface area (TPSA) is 163 Å². The molecule has 1 fully saturated rings. The van der Waals surface area contributed by atoms with Gasteiger partial charge in [-0.2, -0.15) is 8.42 Å². The van der Waals surface area contributed by atoms with Crippen molar-refractivity contribution >= 4 is 28.2 Å². The number of rotatable bonds is 17. The summed E-state index contributed by atoms with van der Waals surface area (Å²) < 4.78 is 45.8. The Bertz CT molecular complexity index is 1670. The average Bonchev–Trinajstić information content (AvgIpc) is 3.05. The Morgan fingerprint density at radius 3 is 2.06 bits per heavy atom. The third kappa shape index (κ3) is 11.6. The molecule has 0 unspecified atom stereocenters. The fourth-order valence-electron chi connectivity index (χ4n) is 6.36. The SMILES string of the molecule is Cc1cccc(C)c1OCC(=O)N[C@H](Cc1ccccc1)[C@@H](C[C@@H](Cc1ccccc1)NC(=O)[C@@H](C(C)C)N1CCCNC1=O)OS(=O)(=O)O. The molecule has 0 saturated carbocycles. The molecule has 0 spiro atoms. The molecule has 0 radical (unpaired) electrons. The summed E-state index contributed by atoms with van der Waals surface area (Å²) in [6, 6.07) is 21.3. The van der Waals surface area contributed by atoms with Crippen LogP contribution in [0.25, 0.3) is 0 Å². The zero-order chi connectivity index (χ0) is 36.3. The molecule has 1 heterocycles. The number of carbonyl (C=O) groups is 3. The first kappa shape index (κ1) is 38.3. The molecular weight excluding hydrogens is 660 g/mol. The molecule has 1 saturated heterocycles. The molecule has 4 rings (SSSR count). The van der Waals surface area contributed by atoms with E-state index in [1.165, 1.54) is 4.90 Å². The van der Waals surface area contributed by atoms with Gasteiger partial charge in [0.2, 0.25) is 5.91 Å². The molecule has 0 bridgehead atoms. The summed E-state index contributed by atoms with van der Waals surface area (Å²) in [5.74, 6) is -0.602. The number of urea groups is 1. The predicted molar refractivity (Wildman–Crippen MR) is 190 cm³/mol. The minimum atomic E-state index is -5.02. The van der Waals surface area contributed by atoms with Crippen LogP contribution in [0.2, 0.25) is 0 Å². The standard InChI is InChI=1S/C37H48N4O8S/c1-25(2)34(41-20-12-19-38-37(41)44)36(43)39-30(21-28-15-7-5-8-16-28)23-32(49-50(45,46)47)31(22-29-17-9-6-10-18-29)40-33(42)24-48-35-26(3)13-11-14-27(35)4/h5-11,13-18,25,30-32,34H,12,19-24H2,1-4H3,(H,38,44)(H,39,43)(H,40,42)(H,45,46,47)/t30-,31-,32-,34-/m1/s1. The molecule has 4 N–H and O–H groups in total. The van der Waals surface area contributed by atoms with Gasteiger partial charge in [-0.15, -0.1) is 0 Å². The van der Waals surface area contributed by atoms with Gasteiger partial charge in [-0.25, -0.2) is 8.98 Å². The van der Waals surface area contributed by atoms with Crippen LogP contribution in [0.4, 0.5) is 4.79 Å². The molecular formula is C37H48N4O8S. The van der Waals surface area contributed by atoms with Gasteiger partial charge in [0.25, 0.3) is 5.91 Å². The van der Waals surface area contributed by atoms with Crippen molar-refractivity contribution < 1.29 is 36.3 Å². The summed E-state index contributed by atoms with van der Waals surface area (Å²) in [4.78, 5) is 41.7. The molecule has 50 heavy (non-hydrogen) atoms. The number of aryl methyl sites for hydroxylation is 2. The first-order valence-electron chi connectivity index (χ1n) is 16.9. The van der Waals surface area contributed by atoms with Crippen LogP contribution in [-0.2, 0) is 37.0 Å². The van der Waals surface area contributed by atoms with E-state index in [2.05, 4.69) is 16.0 Å². The van der Waals surface area contributed by atoms with Crippen LogP contribution in [0, 0.1) is 19.8 Å². The Kier molecular flexibility index (Phi) is 13.8. The molecule has 0 aromatic heterocycles. The molecule has 1 aliphatic heterocycles. The van der Waals surface area contributed by atoms with Crippen LogP contribution in [0.5, 0.6) is 5.75 Å². The lowest BCUT2D eigenvalue weighted by Gasteiger charge is -2.37. The maximum atomic E-state index is 14.0. The van der Waals surface area contributed by atoms with Gasteiger partial charge >= 0.3 is 16.4 Å². The first-order valence-corrected chi connectivity index (χ1v) is 18.2. The van der Waals surface area contributed by atoms with Crippen molar-refractivity contribution in [2.45, 2.75) is 77.6 Å². The van der Waals surface area contributed by atoms with Gasteiger partial charge in [-0.1, -0.05) is 92.7 Å². The summed E-state index contributed by atoms with van der Waals surface area (Å²) in [7, 11) is -5.02. The second-order valence-electron chi connectivity index (χ2n) is 13.0. The third-order valence-electron chi connectivity index (χ3n) is 8.63. The van der Waals surface area contributed by atoms with Crippen LogP contribution in [-0.4, -0.2) is 79.6 Å². The summed E-state index contributed by atoms with van der Waals surface area (Å²) in [6.07, 6.45) is -0.332. The maximum absolute atomic E-state index is 14.0. The van der Waals surface area contributed by atoms with Crippen LogP contribution >= 0.6 is 0 Å². The molecule has 12 nitrogen and oxygen atoms in total. The minimum absolute atomic E-state index is 0.118. The van der Waals surface area contributed by atoms with E-state index in [9.17, 15) is 27.4 Å². The highest BCUT2D eigenvalue weighted by molar-refractivity contribution is 7.80. The van der Waals surface area contributed by atoms with E-state index in [0.717, 1.165) is 22.3 Å². The smallest absolute Gasteiger partial charge is 0.397 e. The van der Waals surface area contributed by atoms with Crippen molar-refractivity contribution in [3.8, 4) is 5.75 Å². The summed E-state index contributed by atoms with van der Waals surface area (Å²) in [5.41, 5.74) is 3.34. The number of benzene rings is 3. The van der Waals surface area contributed by atoms with Crippen LogP contribution in [0.15, 0.2) is 78.9 Å². The number of para-hydroxylation sites is 1. The van der Waals surface area contributed by atoms with Crippen molar-refractivity contribution in [1.29, 1.82) is 0 Å². The van der Waals surface area contributed by atoms with Gasteiger partial charge in [0.1, 0.15) is 17.9 Å². The van der Waals surface area contributed by atoms with Crippen molar-refractivity contribution in [3.05, 3.63) is 101 Å². The lowest BCUT2D eigenvalue weighted by atomic mass is 9.92. The maximum Gasteiger partial charge on any atom is 0.397 e. The quantitative estimate of drug-likeness (QED) is 0.152. The Morgan fingerprint density at radius 2 is 1.50 bits per heavy atom. The van der Waals surface area contributed by atoms with E-state index in [-0.39, 0.29) is 37.8 Å². The van der Waals surface area contributed by atoms with E-state index < -0.39 is 46.4 Å². The number of amides is 4. The Labute approximate surface area is 294 Å². The summed E-state index contributed by atoms with van der Waals surface area (Å²) in [5, 5.41) is 8.74. The lowest BCUT2D eigenvalue weighted by molar-refractivity contribution is -0.128. The summed E-state index contributed by atoms with van der Waals surface area (Å²) in [6.45, 7) is 8.04. The van der Waals surface area contributed by atoms with E-state index in [4.69, 9.17) is 8.92 Å². The monoisotopic (exact) mass is 708 g/mol. The summed E-state index contributed by atoms with van der Waals surface area (Å²) >= 11 is 0. The number of hydrogen-bond donors (Lipinski definition) is 4. The highest BCUT2D eigenvalue weighted by Crippen LogP contribution is 2.23. The fourth-order valence-corrected chi connectivity index (χ4v) is 6.88. The number of nitrogens with one attached hydrogen (secondary N) is 3. The molecule has 0 aliphatic carbocycles. The highest BCUT2D eigenvalue weighted by atomic mass is 32.3. The van der Waals surface area contributed by atoms with Crippen LogP contribution in [0.3, 0.4) is 0 Å². The number of carbonyl (C=O) groups excluding carboxylic acids is 3. The van der Waals surface area contributed by atoms with E-state index >= 15 is 0 Å². The average molecular weight is 709 g/mol. The third-order valence-corrected chi connectivity index (χ3v) is 9.12. The molecule has 3 aromatic rings. The largest absolute Gasteiger partial charge is 0.483 e. The van der Waals surface area contributed by atoms with Crippen molar-refractivity contribution in [2.75, 3.05) is 19.7 Å². The van der Waals surface area contributed by atoms with Crippen LogP contribution < -0.4 is 20.7 Å². The van der Waals surface area contributed by atoms with Crippen molar-refractivity contribution in [1.82, 2.24) is 20.9 Å². The molecule has 4 atom stereocenters. The molecule has 4 amide bonds. The second-order valence-corrected chi connectivity index (χ2v) is 14.1. The lowest BCUT2D eigenvalue weighted by Crippen LogP contribution is -2.59. The van der Waals surface area contributed by atoms with E-state index in [1.807, 2.05) is 107 Å². The molecule has 13 heteroatoms. The van der Waals surface area contributed by atoms with Crippen molar-refractivity contribution in [2.24, 2.45) is 5.92 Å². The second kappa shape index (κ2) is 18.0. The van der Waals surface area contributed by atoms with E-state index in [0.29, 0.717) is 25.3 Å². The Balaban J connectivity index is 1.65. The van der Waals surface area contributed by atoms with Gasteiger partial charge in [-0.3, -0.25) is 14.1 Å². The van der Waals surface area contributed by atoms with Gasteiger partial charge in [0.15, 0.2) is 6.61 Å². The first-order chi connectivity index (χ1) is 23.8. The predicted octanol–water partition coefficient (Wildman–Crippen LogP) is 4.16. The Morgan fingerprint density at radius 1 is 0.900 bits per heavy atom. The zero-order valence-electron chi connectivity index (χ0n) is 29.0. The molecule has 3 aromatic carbocycles. The molecule has 1 aliphatic rings. The number of nitrogens with zero attached hydrogens (tertiary/aromatic N) is 1. The number of hydrogen-bond acceptors (Lipinski definition) is 7.